The van der Waals surface area contributed by atoms with Crippen LogP contribution in [-0.4, -0.2) is 19.3 Å². The van der Waals surface area contributed by atoms with E-state index in [4.69, 9.17) is 5.73 Å². The van der Waals surface area contributed by atoms with E-state index in [9.17, 15) is 0 Å². The summed E-state index contributed by atoms with van der Waals surface area (Å²) in [4.78, 5) is 4.19. The van der Waals surface area contributed by atoms with Gasteiger partial charge in [-0.25, -0.2) is 4.98 Å². The molecule has 2 heterocycles. The van der Waals surface area contributed by atoms with E-state index in [0.717, 1.165) is 5.82 Å². The molecular formula is C9H13N5. The summed E-state index contributed by atoms with van der Waals surface area (Å²) in [7, 11) is 1.94. The number of hydrogen-bond donors (Lipinski definition) is 1. The topological polar surface area (TPSA) is 61.7 Å². The third kappa shape index (κ3) is 1.67. The van der Waals surface area contributed by atoms with Crippen molar-refractivity contribution >= 4 is 0 Å². The first-order valence-corrected chi connectivity index (χ1v) is 4.47. The normalized spacial score (nSPS) is 13.0. The van der Waals surface area contributed by atoms with Crippen molar-refractivity contribution in [1.82, 2.24) is 19.3 Å². The van der Waals surface area contributed by atoms with Crippen molar-refractivity contribution in [1.29, 1.82) is 0 Å². The van der Waals surface area contributed by atoms with Crippen molar-refractivity contribution in [2.45, 2.75) is 12.6 Å². The third-order valence-corrected chi connectivity index (χ3v) is 2.13. The number of aryl methyl sites for hydroxylation is 1. The van der Waals surface area contributed by atoms with Crippen LogP contribution < -0.4 is 5.73 Å². The van der Waals surface area contributed by atoms with E-state index in [1.165, 1.54) is 0 Å². The maximum atomic E-state index is 5.99. The molecule has 0 aromatic carbocycles. The highest BCUT2D eigenvalue weighted by Crippen LogP contribution is 2.08. The summed E-state index contributed by atoms with van der Waals surface area (Å²) in [6, 6.07) is 1.76. The van der Waals surface area contributed by atoms with Crippen molar-refractivity contribution < 1.29 is 0 Å². The molecule has 0 aliphatic carbocycles. The molecule has 1 unspecified atom stereocenters. The van der Waals surface area contributed by atoms with Gasteiger partial charge in [-0.15, -0.1) is 0 Å². The predicted molar refractivity (Wildman–Crippen MR) is 52.4 cm³/mol. The fraction of sp³-hybridized carbons (Fsp3) is 0.333. The van der Waals surface area contributed by atoms with Gasteiger partial charge in [0.25, 0.3) is 0 Å². The van der Waals surface area contributed by atoms with E-state index in [-0.39, 0.29) is 6.04 Å². The molecule has 0 saturated heterocycles. The average Bonchev–Trinajstić information content (AvgIpc) is 2.75. The Morgan fingerprint density at radius 3 is 2.86 bits per heavy atom. The Morgan fingerprint density at radius 2 is 2.29 bits per heavy atom. The Hall–Kier alpha value is -1.62. The lowest BCUT2D eigenvalue weighted by atomic mass is 10.3. The standard InChI is InChI=1S/C9H13N5/c1-13-6-4-11-9(13)8(10)7-14-5-2-3-12-14/h2-6,8H,7,10H2,1H3. The van der Waals surface area contributed by atoms with Crippen LogP contribution in [-0.2, 0) is 13.6 Å². The molecule has 74 valence electrons. The number of rotatable bonds is 3. The Morgan fingerprint density at radius 1 is 1.43 bits per heavy atom. The van der Waals surface area contributed by atoms with Crippen LogP contribution in [0.2, 0.25) is 0 Å². The zero-order valence-corrected chi connectivity index (χ0v) is 8.04. The van der Waals surface area contributed by atoms with Gasteiger partial charge in [0.05, 0.1) is 12.6 Å². The highest BCUT2D eigenvalue weighted by Gasteiger charge is 2.10. The van der Waals surface area contributed by atoms with Crippen LogP contribution in [0.5, 0.6) is 0 Å². The molecule has 0 saturated carbocycles. The zero-order chi connectivity index (χ0) is 9.97. The number of nitrogens with zero attached hydrogens (tertiary/aromatic N) is 4. The molecule has 0 fully saturated rings. The van der Waals surface area contributed by atoms with Crippen LogP contribution >= 0.6 is 0 Å². The van der Waals surface area contributed by atoms with Crippen molar-refractivity contribution in [2.75, 3.05) is 0 Å². The lowest BCUT2D eigenvalue weighted by Gasteiger charge is -2.11. The minimum atomic E-state index is -0.116. The average molecular weight is 191 g/mol. The summed E-state index contributed by atoms with van der Waals surface area (Å²) < 4.78 is 3.73. The number of imidazole rings is 1. The van der Waals surface area contributed by atoms with E-state index >= 15 is 0 Å². The largest absolute Gasteiger partial charge is 0.337 e. The van der Waals surface area contributed by atoms with Crippen molar-refractivity contribution in [3.63, 3.8) is 0 Å². The quantitative estimate of drug-likeness (QED) is 0.759. The van der Waals surface area contributed by atoms with Crippen molar-refractivity contribution in [2.24, 2.45) is 12.8 Å². The second-order valence-corrected chi connectivity index (χ2v) is 3.23. The highest BCUT2D eigenvalue weighted by molar-refractivity contribution is 4.97. The maximum absolute atomic E-state index is 5.99. The molecule has 0 radical (unpaired) electrons. The lowest BCUT2D eigenvalue weighted by molar-refractivity contribution is 0.497. The van der Waals surface area contributed by atoms with Crippen LogP contribution in [0.1, 0.15) is 11.9 Å². The summed E-state index contributed by atoms with van der Waals surface area (Å²) >= 11 is 0. The van der Waals surface area contributed by atoms with E-state index in [1.807, 2.05) is 30.1 Å². The van der Waals surface area contributed by atoms with Gasteiger partial charge in [-0.1, -0.05) is 0 Å². The van der Waals surface area contributed by atoms with Gasteiger partial charge < -0.3 is 10.3 Å². The van der Waals surface area contributed by atoms with Crippen LogP contribution in [0.3, 0.4) is 0 Å². The van der Waals surface area contributed by atoms with E-state index in [2.05, 4.69) is 10.1 Å². The summed E-state index contributed by atoms with van der Waals surface area (Å²) in [6.45, 7) is 0.651. The fourth-order valence-electron chi connectivity index (χ4n) is 1.43. The molecule has 0 aliphatic heterocycles. The van der Waals surface area contributed by atoms with Crippen LogP contribution in [0, 0.1) is 0 Å². The molecule has 1 atom stereocenters. The van der Waals surface area contributed by atoms with Gasteiger partial charge in [-0.05, 0) is 6.07 Å². The fourth-order valence-corrected chi connectivity index (χ4v) is 1.43. The molecule has 5 heteroatoms. The van der Waals surface area contributed by atoms with Gasteiger partial charge in [-0.3, -0.25) is 4.68 Å². The third-order valence-electron chi connectivity index (χ3n) is 2.13. The van der Waals surface area contributed by atoms with Crippen molar-refractivity contribution in [3.05, 3.63) is 36.7 Å². The lowest BCUT2D eigenvalue weighted by Crippen LogP contribution is -2.21. The highest BCUT2D eigenvalue weighted by atomic mass is 15.3. The Bertz CT molecular complexity index is 389. The second kappa shape index (κ2) is 3.63. The smallest absolute Gasteiger partial charge is 0.127 e. The first-order valence-electron chi connectivity index (χ1n) is 4.47. The van der Waals surface area contributed by atoms with Gasteiger partial charge in [-0.2, -0.15) is 5.10 Å². The number of aromatic nitrogens is 4. The summed E-state index contributed by atoms with van der Waals surface area (Å²) in [5, 5.41) is 4.10. The molecule has 0 amide bonds. The van der Waals surface area contributed by atoms with Gasteiger partial charge in [0.1, 0.15) is 5.82 Å². The minimum Gasteiger partial charge on any atom is -0.337 e. The molecule has 14 heavy (non-hydrogen) atoms. The van der Waals surface area contributed by atoms with Gasteiger partial charge in [0, 0.05) is 31.8 Å². The zero-order valence-electron chi connectivity index (χ0n) is 8.04. The van der Waals surface area contributed by atoms with Crippen molar-refractivity contribution in [3.8, 4) is 0 Å². The summed E-state index contributed by atoms with van der Waals surface area (Å²) in [6.07, 6.45) is 7.27. The molecule has 2 N–H and O–H groups in total. The molecule has 0 bridgehead atoms. The Balaban J connectivity index is 2.10. The number of nitrogens with two attached hydrogens (primary N) is 1. The van der Waals surface area contributed by atoms with Gasteiger partial charge >= 0.3 is 0 Å². The maximum Gasteiger partial charge on any atom is 0.127 e. The molecule has 2 rings (SSSR count). The Labute approximate surface area is 82.2 Å². The Kier molecular flexibility index (Phi) is 2.32. The molecule has 2 aromatic rings. The monoisotopic (exact) mass is 191 g/mol. The molecular weight excluding hydrogens is 178 g/mol. The minimum absolute atomic E-state index is 0.116. The summed E-state index contributed by atoms with van der Waals surface area (Å²) in [5.74, 6) is 0.875. The van der Waals surface area contributed by atoms with Gasteiger partial charge in [0.2, 0.25) is 0 Å². The van der Waals surface area contributed by atoms with Crippen LogP contribution in [0.4, 0.5) is 0 Å². The molecule has 5 nitrogen and oxygen atoms in total. The predicted octanol–water partition coefficient (Wildman–Crippen LogP) is 0.317. The van der Waals surface area contributed by atoms with E-state index in [0.29, 0.717) is 6.54 Å². The van der Waals surface area contributed by atoms with Crippen LogP contribution in [0.15, 0.2) is 30.9 Å². The molecule has 2 aromatic heterocycles. The summed E-state index contributed by atoms with van der Waals surface area (Å²) in [5.41, 5.74) is 5.99. The van der Waals surface area contributed by atoms with E-state index < -0.39 is 0 Å². The molecule has 0 aliphatic rings. The molecule has 0 spiro atoms. The van der Waals surface area contributed by atoms with Crippen LogP contribution in [0.25, 0.3) is 0 Å². The SMILES string of the molecule is Cn1ccnc1C(N)Cn1cccn1. The number of hydrogen-bond acceptors (Lipinski definition) is 3. The van der Waals surface area contributed by atoms with Gasteiger partial charge in [0.15, 0.2) is 0 Å². The first kappa shape index (κ1) is 8.96. The second-order valence-electron chi connectivity index (χ2n) is 3.23. The first-order chi connectivity index (χ1) is 6.77. The van der Waals surface area contributed by atoms with E-state index in [1.54, 1.807) is 17.1 Å².